The molecule has 0 aliphatic heterocycles. The van der Waals surface area contributed by atoms with E-state index in [-0.39, 0.29) is 0 Å². The summed E-state index contributed by atoms with van der Waals surface area (Å²) in [6.45, 7) is 3.51. The Kier molecular flexibility index (Phi) is 5.53. The lowest BCUT2D eigenvalue weighted by Crippen LogP contribution is -1.98. The van der Waals surface area contributed by atoms with Gasteiger partial charge in [-0.15, -0.1) is 5.10 Å². The summed E-state index contributed by atoms with van der Waals surface area (Å²) in [5, 5.41) is 14.2. The van der Waals surface area contributed by atoms with E-state index < -0.39 is 0 Å². The van der Waals surface area contributed by atoms with E-state index in [1.54, 1.807) is 12.5 Å². The number of hydrogen-bond donors (Lipinski definition) is 1. The number of aromatic amines is 1. The normalized spacial score (nSPS) is 11.0. The summed E-state index contributed by atoms with van der Waals surface area (Å²) < 4.78 is 7.51. The van der Waals surface area contributed by atoms with Gasteiger partial charge in [-0.1, -0.05) is 24.3 Å². The maximum absolute atomic E-state index is 5.51. The molecule has 2 heterocycles. The van der Waals surface area contributed by atoms with Crippen LogP contribution in [-0.2, 0) is 11.2 Å². The van der Waals surface area contributed by atoms with E-state index in [0.717, 1.165) is 37.3 Å². The van der Waals surface area contributed by atoms with Crippen molar-refractivity contribution in [3.05, 3.63) is 66.7 Å². The maximum atomic E-state index is 5.51. The number of tetrazole rings is 1. The number of imidazole rings is 1. The highest BCUT2D eigenvalue weighted by atomic mass is 16.5. The minimum Gasteiger partial charge on any atom is -0.382 e. The SMILES string of the molecule is CCOCCCc1cc(-c2nnn[nH]2)ccc1-c1ccc(-n2ccnc2)cc1. The number of hydrogen-bond acceptors (Lipinski definition) is 5. The molecule has 2 aromatic carbocycles. The van der Waals surface area contributed by atoms with Crippen molar-refractivity contribution in [1.82, 2.24) is 30.2 Å². The van der Waals surface area contributed by atoms with Gasteiger partial charge in [0.25, 0.3) is 0 Å². The molecule has 7 nitrogen and oxygen atoms in total. The summed E-state index contributed by atoms with van der Waals surface area (Å²) in [7, 11) is 0. The molecule has 0 radical (unpaired) electrons. The highest BCUT2D eigenvalue weighted by molar-refractivity contribution is 5.72. The van der Waals surface area contributed by atoms with E-state index in [4.69, 9.17) is 4.74 Å². The number of rotatable bonds is 8. The van der Waals surface area contributed by atoms with E-state index >= 15 is 0 Å². The fraction of sp³-hybridized carbons (Fsp3) is 0.238. The number of ether oxygens (including phenoxy) is 1. The largest absolute Gasteiger partial charge is 0.382 e. The highest BCUT2D eigenvalue weighted by Crippen LogP contribution is 2.29. The molecule has 4 rings (SSSR count). The van der Waals surface area contributed by atoms with Crippen molar-refractivity contribution < 1.29 is 4.74 Å². The van der Waals surface area contributed by atoms with Crippen molar-refractivity contribution in [2.75, 3.05) is 13.2 Å². The Bertz CT molecular complexity index is 994. The zero-order valence-corrected chi connectivity index (χ0v) is 15.7. The summed E-state index contributed by atoms with van der Waals surface area (Å²) in [5.74, 6) is 0.674. The topological polar surface area (TPSA) is 81.5 Å². The second-order valence-electron chi connectivity index (χ2n) is 6.44. The second-order valence-corrected chi connectivity index (χ2v) is 6.44. The molecular weight excluding hydrogens is 352 g/mol. The molecule has 0 atom stereocenters. The molecule has 0 saturated carbocycles. The lowest BCUT2D eigenvalue weighted by Gasteiger charge is -2.12. The molecule has 0 saturated heterocycles. The Labute approximate surface area is 163 Å². The van der Waals surface area contributed by atoms with Gasteiger partial charge < -0.3 is 9.30 Å². The molecule has 2 aromatic heterocycles. The molecule has 28 heavy (non-hydrogen) atoms. The van der Waals surface area contributed by atoms with Crippen molar-refractivity contribution in [1.29, 1.82) is 0 Å². The molecular formula is C21H22N6O. The lowest BCUT2D eigenvalue weighted by atomic mass is 9.94. The van der Waals surface area contributed by atoms with Gasteiger partial charge in [-0.25, -0.2) is 10.1 Å². The summed E-state index contributed by atoms with van der Waals surface area (Å²) in [4.78, 5) is 4.11. The third kappa shape index (κ3) is 3.99. The van der Waals surface area contributed by atoms with Crippen LogP contribution in [-0.4, -0.2) is 43.4 Å². The van der Waals surface area contributed by atoms with Gasteiger partial charge in [0.05, 0.1) is 6.33 Å². The summed E-state index contributed by atoms with van der Waals surface area (Å²) in [6, 6.07) is 14.9. The van der Waals surface area contributed by atoms with Crippen LogP contribution in [0.25, 0.3) is 28.2 Å². The maximum Gasteiger partial charge on any atom is 0.179 e. The van der Waals surface area contributed by atoms with E-state index in [1.165, 1.54) is 16.7 Å². The van der Waals surface area contributed by atoms with Gasteiger partial charge in [-0.3, -0.25) is 0 Å². The van der Waals surface area contributed by atoms with Gasteiger partial charge in [0, 0.05) is 36.9 Å². The monoisotopic (exact) mass is 374 g/mol. The van der Waals surface area contributed by atoms with Crippen LogP contribution >= 0.6 is 0 Å². The van der Waals surface area contributed by atoms with E-state index in [1.807, 2.05) is 23.8 Å². The molecule has 4 aromatic rings. The Morgan fingerprint density at radius 2 is 1.93 bits per heavy atom. The van der Waals surface area contributed by atoms with Crippen LogP contribution in [0.15, 0.2) is 61.2 Å². The summed E-state index contributed by atoms with van der Waals surface area (Å²) in [5.41, 5.74) is 5.71. The Morgan fingerprint density at radius 3 is 2.64 bits per heavy atom. The first kappa shape index (κ1) is 18.1. The van der Waals surface area contributed by atoms with Crippen LogP contribution in [0.4, 0.5) is 0 Å². The number of nitrogens with one attached hydrogen (secondary N) is 1. The Morgan fingerprint density at radius 1 is 1.07 bits per heavy atom. The molecule has 0 fully saturated rings. The fourth-order valence-electron chi connectivity index (χ4n) is 3.24. The Balaban J connectivity index is 1.64. The van der Waals surface area contributed by atoms with Crippen molar-refractivity contribution in [2.24, 2.45) is 0 Å². The summed E-state index contributed by atoms with van der Waals surface area (Å²) >= 11 is 0. The average molecular weight is 374 g/mol. The second kappa shape index (κ2) is 8.58. The molecule has 0 bridgehead atoms. The van der Waals surface area contributed by atoms with Crippen LogP contribution in [0.2, 0.25) is 0 Å². The third-order valence-electron chi connectivity index (χ3n) is 4.64. The molecule has 0 aliphatic rings. The van der Waals surface area contributed by atoms with Crippen LogP contribution in [0, 0.1) is 0 Å². The number of aromatic nitrogens is 6. The quantitative estimate of drug-likeness (QED) is 0.476. The van der Waals surface area contributed by atoms with Crippen molar-refractivity contribution in [3.63, 3.8) is 0 Å². The van der Waals surface area contributed by atoms with Crippen molar-refractivity contribution in [3.8, 4) is 28.2 Å². The number of nitrogens with zero attached hydrogens (tertiary/aromatic N) is 5. The van der Waals surface area contributed by atoms with Crippen molar-refractivity contribution >= 4 is 0 Å². The molecule has 0 aliphatic carbocycles. The van der Waals surface area contributed by atoms with Gasteiger partial charge in [-0.2, -0.15) is 0 Å². The Hall–Kier alpha value is -3.32. The minimum atomic E-state index is 0.674. The molecule has 0 amide bonds. The van der Waals surface area contributed by atoms with E-state index in [9.17, 15) is 0 Å². The zero-order valence-electron chi connectivity index (χ0n) is 15.7. The minimum absolute atomic E-state index is 0.674. The fourth-order valence-corrected chi connectivity index (χ4v) is 3.24. The standard InChI is InChI=1S/C21H22N6O/c1-2-28-13-3-4-17-14-18(21-23-25-26-24-21)7-10-20(17)16-5-8-19(9-6-16)27-12-11-22-15-27/h5-12,14-15H,2-4,13H2,1H3,(H,23,24,25,26). The molecule has 142 valence electrons. The van der Waals surface area contributed by atoms with Crippen LogP contribution < -0.4 is 0 Å². The van der Waals surface area contributed by atoms with Gasteiger partial charge in [0.1, 0.15) is 0 Å². The molecule has 0 unspecified atom stereocenters. The van der Waals surface area contributed by atoms with Gasteiger partial charge in [-0.05, 0) is 65.1 Å². The third-order valence-corrected chi connectivity index (χ3v) is 4.64. The predicted molar refractivity (Wildman–Crippen MR) is 107 cm³/mol. The lowest BCUT2D eigenvalue weighted by molar-refractivity contribution is 0.145. The molecule has 0 spiro atoms. The molecule has 7 heteroatoms. The first-order valence-electron chi connectivity index (χ1n) is 9.38. The average Bonchev–Trinajstić information content (AvgIpc) is 3.46. The van der Waals surface area contributed by atoms with E-state index in [2.05, 4.69) is 62.0 Å². The van der Waals surface area contributed by atoms with Gasteiger partial charge in [0.2, 0.25) is 0 Å². The predicted octanol–water partition coefficient (Wildman–Crippen LogP) is 3.69. The van der Waals surface area contributed by atoms with E-state index in [0.29, 0.717) is 5.82 Å². The zero-order chi connectivity index (χ0) is 19.2. The van der Waals surface area contributed by atoms with Crippen LogP contribution in [0.3, 0.4) is 0 Å². The van der Waals surface area contributed by atoms with Crippen LogP contribution in [0.1, 0.15) is 18.9 Å². The first-order chi connectivity index (χ1) is 13.8. The highest BCUT2D eigenvalue weighted by Gasteiger charge is 2.10. The van der Waals surface area contributed by atoms with Crippen LogP contribution in [0.5, 0.6) is 0 Å². The van der Waals surface area contributed by atoms with Gasteiger partial charge >= 0.3 is 0 Å². The number of aryl methyl sites for hydroxylation is 1. The number of benzene rings is 2. The van der Waals surface area contributed by atoms with Crippen molar-refractivity contribution in [2.45, 2.75) is 19.8 Å². The van der Waals surface area contributed by atoms with Gasteiger partial charge in [0.15, 0.2) is 5.82 Å². The summed E-state index contributed by atoms with van der Waals surface area (Å²) in [6.07, 6.45) is 7.41. The molecule has 1 N–H and O–H groups in total. The first-order valence-corrected chi connectivity index (χ1v) is 9.38. The number of H-pyrrole nitrogens is 1. The smallest absolute Gasteiger partial charge is 0.179 e.